The summed E-state index contributed by atoms with van der Waals surface area (Å²) in [4.78, 5) is 17.2. The molecular weight excluding hydrogens is 409 g/mol. The molecule has 1 aliphatic heterocycles. The zero-order chi connectivity index (χ0) is 21.3. The lowest BCUT2D eigenvalue weighted by Crippen LogP contribution is -2.40. The first-order valence-electron chi connectivity index (χ1n) is 9.41. The number of hydrogen-bond acceptors (Lipinski definition) is 5. The fourth-order valence-electron chi connectivity index (χ4n) is 3.34. The monoisotopic (exact) mass is 429 g/mol. The molecule has 1 saturated heterocycles. The summed E-state index contributed by atoms with van der Waals surface area (Å²) >= 11 is 0. The Morgan fingerprint density at radius 1 is 1.13 bits per heavy atom. The average Bonchev–Trinajstić information content (AvgIpc) is 2.74. The smallest absolute Gasteiger partial charge is 0.257 e. The number of carbonyl (C=O) groups is 1. The number of pyridine rings is 1. The highest BCUT2D eigenvalue weighted by Crippen LogP contribution is 2.22. The number of rotatable bonds is 4. The lowest BCUT2D eigenvalue weighted by Gasteiger charge is -2.26. The van der Waals surface area contributed by atoms with Gasteiger partial charge < -0.3 is 10.1 Å². The predicted molar refractivity (Wildman–Crippen MR) is 110 cm³/mol. The number of ether oxygens (including phenoxy) is 1. The predicted octanol–water partition coefficient (Wildman–Crippen LogP) is 2.96. The van der Waals surface area contributed by atoms with Crippen molar-refractivity contribution in [3.05, 3.63) is 65.6 Å². The van der Waals surface area contributed by atoms with Crippen molar-refractivity contribution in [2.24, 2.45) is 0 Å². The van der Waals surface area contributed by atoms with Gasteiger partial charge in [0.25, 0.3) is 5.91 Å². The van der Waals surface area contributed by atoms with E-state index in [9.17, 15) is 17.6 Å². The quantitative estimate of drug-likeness (QED) is 0.689. The summed E-state index contributed by atoms with van der Waals surface area (Å²) in [7, 11) is -3.67. The Hall–Kier alpha value is -2.88. The lowest BCUT2D eigenvalue weighted by molar-refractivity contribution is 0.0730. The molecule has 0 unspecified atom stereocenters. The second kappa shape index (κ2) is 8.10. The molecule has 3 aromatic rings. The van der Waals surface area contributed by atoms with Gasteiger partial charge in [0.1, 0.15) is 5.82 Å². The molecule has 1 amide bonds. The summed E-state index contributed by atoms with van der Waals surface area (Å²) in [5.41, 5.74) is 1.59. The number of anilines is 1. The number of morpholine rings is 1. The molecule has 4 rings (SSSR count). The standard InChI is InChI=1S/C21H20FN3O4S/c1-14-19(11-15-5-6-16(22)12-20(15)23-14)21(26)24-17-3-2-4-18(13-17)30(27,28)25-7-9-29-10-8-25/h2-6,11-13H,7-10H2,1H3,(H,24,26). The van der Waals surface area contributed by atoms with Crippen molar-refractivity contribution < 1.29 is 22.3 Å². The van der Waals surface area contributed by atoms with Crippen LogP contribution in [0.5, 0.6) is 0 Å². The van der Waals surface area contributed by atoms with Gasteiger partial charge in [0, 0.05) is 30.2 Å². The van der Waals surface area contributed by atoms with Gasteiger partial charge in [0.15, 0.2) is 0 Å². The number of aromatic nitrogens is 1. The fraction of sp³-hybridized carbons (Fsp3) is 0.238. The van der Waals surface area contributed by atoms with Crippen LogP contribution in [0.15, 0.2) is 53.4 Å². The molecule has 1 aromatic heterocycles. The highest BCUT2D eigenvalue weighted by atomic mass is 32.2. The highest BCUT2D eigenvalue weighted by molar-refractivity contribution is 7.89. The van der Waals surface area contributed by atoms with Gasteiger partial charge in [-0.15, -0.1) is 0 Å². The molecule has 1 aliphatic rings. The van der Waals surface area contributed by atoms with Crippen LogP contribution in [0.2, 0.25) is 0 Å². The van der Waals surface area contributed by atoms with Crippen LogP contribution in [0.1, 0.15) is 16.1 Å². The molecule has 0 radical (unpaired) electrons. The van der Waals surface area contributed by atoms with Crippen molar-refractivity contribution in [2.75, 3.05) is 31.6 Å². The van der Waals surface area contributed by atoms with Crippen LogP contribution in [0.4, 0.5) is 10.1 Å². The van der Waals surface area contributed by atoms with Crippen LogP contribution in [0.3, 0.4) is 0 Å². The summed E-state index contributed by atoms with van der Waals surface area (Å²) in [5.74, 6) is -0.822. The molecule has 9 heteroatoms. The molecule has 0 atom stereocenters. The van der Waals surface area contributed by atoms with E-state index in [-0.39, 0.29) is 4.90 Å². The van der Waals surface area contributed by atoms with Crippen molar-refractivity contribution in [1.29, 1.82) is 0 Å². The average molecular weight is 429 g/mol. The molecule has 0 saturated carbocycles. The van der Waals surface area contributed by atoms with E-state index in [0.717, 1.165) is 0 Å². The van der Waals surface area contributed by atoms with Crippen LogP contribution in [0.25, 0.3) is 10.9 Å². The number of amides is 1. The van der Waals surface area contributed by atoms with E-state index in [1.165, 1.54) is 28.6 Å². The van der Waals surface area contributed by atoms with Gasteiger partial charge in [-0.25, -0.2) is 12.8 Å². The van der Waals surface area contributed by atoms with Crippen LogP contribution >= 0.6 is 0 Å². The molecular formula is C21H20FN3O4S. The molecule has 0 spiro atoms. The Kier molecular flexibility index (Phi) is 5.50. The first-order valence-corrected chi connectivity index (χ1v) is 10.8. The van der Waals surface area contributed by atoms with Gasteiger partial charge in [0.2, 0.25) is 10.0 Å². The molecule has 0 aliphatic carbocycles. The molecule has 1 N–H and O–H groups in total. The summed E-state index contributed by atoms with van der Waals surface area (Å²) in [6.07, 6.45) is 0. The Bertz CT molecular complexity index is 1220. The van der Waals surface area contributed by atoms with Gasteiger partial charge in [-0.3, -0.25) is 9.78 Å². The molecule has 2 heterocycles. The lowest BCUT2D eigenvalue weighted by atomic mass is 10.1. The van der Waals surface area contributed by atoms with Crippen molar-refractivity contribution in [2.45, 2.75) is 11.8 Å². The van der Waals surface area contributed by atoms with E-state index in [1.54, 1.807) is 31.2 Å². The molecule has 156 valence electrons. The molecule has 30 heavy (non-hydrogen) atoms. The maximum atomic E-state index is 13.4. The van der Waals surface area contributed by atoms with Crippen LogP contribution in [-0.4, -0.2) is 49.9 Å². The van der Waals surface area contributed by atoms with E-state index in [2.05, 4.69) is 10.3 Å². The Balaban J connectivity index is 1.60. The minimum Gasteiger partial charge on any atom is -0.379 e. The number of carbonyl (C=O) groups excluding carboxylic acids is 1. The number of halogens is 1. The number of aryl methyl sites for hydroxylation is 1. The van der Waals surface area contributed by atoms with Crippen molar-refractivity contribution in [1.82, 2.24) is 9.29 Å². The van der Waals surface area contributed by atoms with E-state index in [1.807, 2.05) is 0 Å². The van der Waals surface area contributed by atoms with E-state index in [4.69, 9.17) is 4.74 Å². The summed E-state index contributed by atoms with van der Waals surface area (Å²) in [5, 5.41) is 3.36. The summed E-state index contributed by atoms with van der Waals surface area (Å²) < 4.78 is 45.7. The van der Waals surface area contributed by atoms with Crippen LogP contribution < -0.4 is 5.32 Å². The van der Waals surface area contributed by atoms with E-state index in [0.29, 0.717) is 54.2 Å². The second-order valence-corrected chi connectivity index (χ2v) is 8.89. The maximum absolute atomic E-state index is 13.4. The Morgan fingerprint density at radius 3 is 2.67 bits per heavy atom. The topological polar surface area (TPSA) is 88.6 Å². The zero-order valence-corrected chi connectivity index (χ0v) is 17.1. The third-order valence-electron chi connectivity index (χ3n) is 4.91. The fourth-order valence-corrected chi connectivity index (χ4v) is 4.79. The van der Waals surface area contributed by atoms with Crippen molar-refractivity contribution in [3.8, 4) is 0 Å². The first-order chi connectivity index (χ1) is 14.3. The van der Waals surface area contributed by atoms with Gasteiger partial charge in [-0.05, 0) is 43.3 Å². The van der Waals surface area contributed by atoms with Crippen molar-refractivity contribution in [3.63, 3.8) is 0 Å². The van der Waals surface area contributed by atoms with E-state index >= 15 is 0 Å². The largest absolute Gasteiger partial charge is 0.379 e. The first kappa shape index (κ1) is 20.4. The summed E-state index contributed by atoms with van der Waals surface area (Å²) in [6.45, 7) is 2.96. The van der Waals surface area contributed by atoms with E-state index < -0.39 is 21.7 Å². The number of sulfonamides is 1. The molecule has 1 fully saturated rings. The van der Waals surface area contributed by atoms with Gasteiger partial charge in [0.05, 0.1) is 34.9 Å². The third kappa shape index (κ3) is 4.04. The van der Waals surface area contributed by atoms with Gasteiger partial charge in [-0.1, -0.05) is 6.07 Å². The summed E-state index contributed by atoms with van der Waals surface area (Å²) in [6, 6.07) is 11.9. The number of benzene rings is 2. The maximum Gasteiger partial charge on any atom is 0.257 e. The van der Waals surface area contributed by atoms with Crippen molar-refractivity contribution >= 4 is 32.5 Å². The normalized spacial score (nSPS) is 15.3. The SMILES string of the molecule is Cc1nc2cc(F)ccc2cc1C(=O)Nc1cccc(S(=O)(=O)N2CCOCC2)c1. The van der Waals surface area contributed by atoms with Crippen LogP contribution in [-0.2, 0) is 14.8 Å². The number of hydrogen-bond donors (Lipinski definition) is 1. The second-order valence-electron chi connectivity index (χ2n) is 6.96. The number of fused-ring (bicyclic) bond motifs is 1. The van der Waals surface area contributed by atoms with Crippen LogP contribution in [0, 0.1) is 12.7 Å². The Morgan fingerprint density at radius 2 is 1.90 bits per heavy atom. The van der Waals surface area contributed by atoms with Gasteiger partial charge >= 0.3 is 0 Å². The van der Waals surface area contributed by atoms with Gasteiger partial charge in [-0.2, -0.15) is 4.31 Å². The Labute approximate surface area is 173 Å². The molecule has 0 bridgehead atoms. The number of nitrogens with one attached hydrogen (secondary N) is 1. The molecule has 2 aromatic carbocycles. The highest BCUT2D eigenvalue weighted by Gasteiger charge is 2.26. The third-order valence-corrected chi connectivity index (χ3v) is 6.81. The molecule has 7 nitrogen and oxygen atoms in total. The zero-order valence-electron chi connectivity index (χ0n) is 16.3. The minimum absolute atomic E-state index is 0.103. The minimum atomic E-state index is -3.67. The number of nitrogens with zero attached hydrogens (tertiary/aromatic N) is 2.